The molecule has 3 rings (SSSR count). The summed E-state index contributed by atoms with van der Waals surface area (Å²) in [5.74, 6) is 0.0426. The van der Waals surface area contributed by atoms with Crippen molar-refractivity contribution in [1.29, 1.82) is 0 Å². The molecule has 0 unspecified atom stereocenters. The molecule has 2 heterocycles. The van der Waals surface area contributed by atoms with E-state index in [1.54, 1.807) is 6.26 Å². The van der Waals surface area contributed by atoms with E-state index in [0.717, 1.165) is 38.0 Å². The van der Waals surface area contributed by atoms with E-state index >= 15 is 0 Å². The quantitative estimate of drug-likeness (QED) is 0.924. The Morgan fingerprint density at radius 2 is 1.78 bits per heavy atom. The molecule has 1 atom stereocenters. The monoisotopic (exact) mass is 319 g/mol. The van der Waals surface area contributed by atoms with Gasteiger partial charge in [-0.3, -0.25) is 9.59 Å². The Labute approximate surface area is 136 Å². The van der Waals surface area contributed by atoms with Crippen LogP contribution in [0.2, 0.25) is 0 Å². The van der Waals surface area contributed by atoms with E-state index in [0.29, 0.717) is 25.7 Å². The van der Waals surface area contributed by atoms with Gasteiger partial charge in [-0.05, 0) is 50.7 Å². The first-order valence-corrected chi connectivity index (χ1v) is 8.73. The zero-order valence-corrected chi connectivity index (χ0v) is 13.4. The van der Waals surface area contributed by atoms with Crippen molar-refractivity contribution in [3.8, 4) is 0 Å². The lowest BCUT2D eigenvalue weighted by molar-refractivity contribution is -0.146. The van der Waals surface area contributed by atoms with Crippen molar-refractivity contribution in [2.45, 2.75) is 57.4 Å². The molecule has 1 saturated heterocycles. The Balaban J connectivity index is 1.70. The third kappa shape index (κ3) is 3.59. The smallest absolute Gasteiger partial charge is 0.306 e. The average Bonchev–Trinajstić information content (AvgIpc) is 2.99. The zero-order chi connectivity index (χ0) is 16.2. The van der Waals surface area contributed by atoms with Gasteiger partial charge in [0.1, 0.15) is 5.76 Å². The van der Waals surface area contributed by atoms with E-state index in [9.17, 15) is 9.59 Å². The summed E-state index contributed by atoms with van der Waals surface area (Å²) in [6, 6.07) is 3.87. The summed E-state index contributed by atoms with van der Waals surface area (Å²) in [5.41, 5.74) is 0. The van der Waals surface area contributed by atoms with E-state index in [4.69, 9.17) is 9.52 Å². The van der Waals surface area contributed by atoms with Crippen LogP contribution in [0.25, 0.3) is 0 Å². The highest BCUT2D eigenvalue weighted by Crippen LogP contribution is 2.35. The standard InChI is InChI=1S/C18H25NO4/c20-17(13-7-9-14(10-8-13)18(21)22)19-11-3-1-2-5-15(19)16-6-4-12-23-16/h4,6,12-15H,1-3,5,7-11H2,(H,21,22)/t13?,14?,15-/m0/s1. The van der Waals surface area contributed by atoms with Crippen LogP contribution >= 0.6 is 0 Å². The molecule has 0 aromatic carbocycles. The molecule has 23 heavy (non-hydrogen) atoms. The van der Waals surface area contributed by atoms with Gasteiger partial charge in [-0.25, -0.2) is 0 Å². The number of likely N-dealkylation sites (tertiary alicyclic amines) is 1. The minimum absolute atomic E-state index is 0.0267. The Kier molecular flexibility index (Phi) is 5.03. The number of hydrogen-bond acceptors (Lipinski definition) is 3. The van der Waals surface area contributed by atoms with Gasteiger partial charge in [-0.1, -0.05) is 12.8 Å². The summed E-state index contributed by atoms with van der Waals surface area (Å²) in [6.45, 7) is 0.781. The molecule has 1 aliphatic heterocycles. The van der Waals surface area contributed by atoms with E-state index < -0.39 is 5.97 Å². The van der Waals surface area contributed by atoms with Gasteiger partial charge in [0, 0.05) is 12.5 Å². The number of carbonyl (C=O) groups excluding carboxylic acids is 1. The SMILES string of the molecule is O=C(O)C1CCC(C(=O)N2CCCCC[C@H]2c2ccco2)CC1. The minimum atomic E-state index is -0.723. The molecular weight excluding hydrogens is 294 g/mol. The van der Waals surface area contributed by atoms with Gasteiger partial charge in [0.15, 0.2) is 0 Å². The molecule has 1 aromatic heterocycles. The van der Waals surface area contributed by atoms with Crippen LogP contribution in [-0.2, 0) is 9.59 Å². The van der Waals surface area contributed by atoms with Crippen molar-refractivity contribution in [3.05, 3.63) is 24.2 Å². The van der Waals surface area contributed by atoms with Gasteiger partial charge in [-0.2, -0.15) is 0 Å². The lowest BCUT2D eigenvalue weighted by Crippen LogP contribution is -2.40. The lowest BCUT2D eigenvalue weighted by atomic mass is 9.81. The van der Waals surface area contributed by atoms with Crippen LogP contribution < -0.4 is 0 Å². The molecule has 0 spiro atoms. The van der Waals surface area contributed by atoms with Crippen molar-refractivity contribution in [2.24, 2.45) is 11.8 Å². The zero-order valence-electron chi connectivity index (χ0n) is 13.4. The van der Waals surface area contributed by atoms with Gasteiger partial charge in [0.05, 0.1) is 18.2 Å². The summed E-state index contributed by atoms with van der Waals surface area (Å²) >= 11 is 0. The number of nitrogens with zero attached hydrogens (tertiary/aromatic N) is 1. The first-order chi connectivity index (χ1) is 11.2. The molecule has 5 nitrogen and oxygen atoms in total. The van der Waals surface area contributed by atoms with Crippen LogP contribution in [0.15, 0.2) is 22.8 Å². The summed E-state index contributed by atoms with van der Waals surface area (Å²) < 4.78 is 5.57. The molecule has 1 saturated carbocycles. The normalized spacial score (nSPS) is 29.0. The largest absolute Gasteiger partial charge is 0.481 e. The highest BCUT2D eigenvalue weighted by atomic mass is 16.4. The summed E-state index contributed by atoms with van der Waals surface area (Å²) in [4.78, 5) is 26.1. The van der Waals surface area contributed by atoms with Crippen molar-refractivity contribution >= 4 is 11.9 Å². The lowest BCUT2D eigenvalue weighted by Gasteiger charge is -2.34. The Morgan fingerprint density at radius 3 is 2.43 bits per heavy atom. The number of aliphatic carboxylic acids is 1. The molecule has 0 bridgehead atoms. The predicted octanol–water partition coefficient (Wildman–Crippen LogP) is 3.61. The molecule has 5 heteroatoms. The topological polar surface area (TPSA) is 70.8 Å². The number of carbonyl (C=O) groups is 2. The Hall–Kier alpha value is -1.78. The van der Waals surface area contributed by atoms with Gasteiger partial charge < -0.3 is 14.4 Å². The molecule has 1 amide bonds. The van der Waals surface area contributed by atoms with Crippen molar-refractivity contribution in [1.82, 2.24) is 4.90 Å². The van der Waals surface area contributed by atoms with Gasteiger partial charge in [0.2, 0.25) is 5.91 Å². The van der Waals surface area contributed by atoms with Gasteiger partial charge in [-0.15, -0.1) is 0 Å². The molecule has 1 aromatic rings. The number of amides is 1. The van der Waals surface area contributed by atoms with Crippen molar-refractivity contribution < 1.29 is 19.1 Å². The van der Waals surface area contributed by atoms with Crippen LogP contribution in [0.4, 0.5) is 0 Å². The summed E-state index contributed by atoms with van der Waals surface area (Å²) in [7, 11) is 0. The van der Waals surface area contributed by atoms with Crippen LogP contribution in [-0.4, -0.2) is 28.4 Å². The molecule has 1 N–H and O–H groups in total. The maximum atomic E-state index is 13.0. The highest BCUT2D eigenvalue weighted by Gasteiger charge is 2.36. The van der Waals surface area contributed by atoms with Crippen LogP contribution in [0.3, 0.4) is 0 Å². The third-order valence-corrected chi connectivity index (χ3v) is 5.33. The number of hydrogen-bond donors (Lipinski definition) is 1. The van der Waals surface area contributed by atoms with Crippen molar-refractivity contribution in [2.75, 3.05) is 6.54 Å². The minimum Gasteiger partial charge on any atom is -0.481 e. The maximum Gasteiger partial charge on any atom is 0.306 e. The second-order valence-corrected chi connectivity index (χ2v) is 6.80. The Morgan fingerprint density at radius 1 is 1.04 bits per heavy atom. The molecular formula is C18H25NO4. The highest BCUT2D eigenvalue weighted by molar-refractivity contribution is 5.80. The van der Waals surface area contributed by atoms with E-state index in [1.807, 2.05) is 17.0 Å². The fourth-order valence-corrected chi connectivity index (χ4v) is 3.97. The number of carboxylic acids is 1. The van der Waals surface area contributed by atoms with Crippen LogP contribution in [0.5, 0.6) is 0 Å². The number of rotatable bonds is 3. The second kappa shape index (κ2) is 7.20. The predicted molar refractivity (Wildman–Crippen MR) is 84.7 cm³/mol. The Bertz CT molecular complexity index is 531. The number of furan rings is 1. The molecule has 1 aliphatic carbocycles. The first kappa shape index (κ1) is 16.1. The van der Waals surface area contributed by atoms with Crippen molar-refractivity contribution in [3.63, 3.8) is 0 Å². The summed E-state index contributed by atoms with van der Waals surface area (Å²) in [5, 5.41) is 9.11. The van der Waals surface area contributed by atoms with Gasteiger partial charge in [0.25, 0.3) is 0 Å². The second-order valence-electron chi connectivity index (χ2n) is 6.80. The number of carboxylic acid groups (broad SMARTS) is 1. The summed E-state index contributed by atoms with van der Waals surface area (Å²) in [6.07, 6.45) is 8.52. The average molecular weight is 319 g/mol. The molecule has 0 radical (unpaired) electrons. The van der Waals surface area contributed by atoms with E-state index in [1.165, 1.54) is 0 Å². The van der Waals surface area contributed by atoms with Crippen LogP contribution in [0, 0.1) is 11.8 Å². The fourth-order valence-electron chi connectivity index (χ4n) is 3.97. The van der Waals surface area contributed by atoms with E-state index in [-0.39, 0.29) is 23.8 Å². The first-order valence-electron chi connectivity index (χ1n) is 8.73. The van der Waals surface area contributed by atoms with E-state index in [2.05, 4.69) is 0 Å². The fraction of sp³-hybridized carbons (Fsp3) is 0.667. The molecule has 2 aliphatic rings. The van der Waals surface area contributed by atoms with Gasteiger partial charge >= 0.3 is 5.97 Å². The third-order valence-electron chi connectivity index (χ3n) is 5.33. The molecule has 2 fully saturated rings. The van der Waals surface area contributed by atoms with Crippen LogP contribution in [0.1, 0.15) is 63.2 Å². The molecule has 126 valence electrons. The maximum absolute atomic E-state index is 13.0.